The van der Waals surface area contributed by atoms with Crippen LogP contribution in [-0.4, -0.2) is 12.1 Å². The molecule has 0 bridgehead atoms. The molecule has 3 nitrogen and oxygen atoms in total. The molecule has 0 aliphatic carbocycles. The molecule has 136 valence electrons. The lowest BCUT2D eigenvalue weighted by Gasteiger charge is -2.11. The van der Waals surface area contributed by atoms with Gasteiger partial charge in [-0.15, -0.1) is 11.8 Å². The number of benzene rings is 3. The van der Waals surface area contributed by atoms with Crippen LogP contribution in [0.2, 0.25) is 0 Å². The number of nitrogens with zero attached hydrogens (tertiary/aromatic N) is 2. The molecule has 0 fully saturated rings. The summed E-state index contributed by atoms with van der Waals surface area (Å²) in [5.41, 5.74) is 5.09. The van der Waals surface area contributed by atoms with Crippen LogP contribution in [0.3, 0.4) is 0 Å². The van der Waals surface area contributed by atoms with Gasteiger partial charge in [-0.1, -0.05) is 42.5 Å². The van der Waals surface area contributed by atoms with Gasteiger partial charge < -0.3 is 4.74 Å². The number of ether oxygens (including phenoxy) is 1. The first-order valence-electron chi connectivity index (χ1n) is 8.93. The molecule has 0 spiro atoms. The molecule has 0 unspecified atom stereocenters. The Hall–Kier alpha value is -3.29. The minimum Gasteiger partial charge on any atom is -0.497 e. The van der Waals surface area contributed by atoms with Gasteiger partial charge in [0, 0.05) is 17.2 Å². The van der Waals surface area contributed by atoms with E-state index in [0.29, 0.717) is 5.56 Å². The zero-order chi connectivity index (χ0) is 19.3. The molecule has 1 heterocycles. The van der Waals surface area contributed by atoms with Gasteiger partial charge in [-0.25, -0.2) is 4.98 Å². The van der Waals surface area contributed by atoms with Gasteiger partial charge >= 0.3 is 0 Å². The molecular weight excluding hydrogens is 364 g/mol. The largest absolute Gasteiger partial charge is 0.497 e. The summed E-state index contributed by atoms with van der Waals surface area (Å²) in [6.07, 6.45) is 0. The fraction of sp³-hybridized carbons (Fsp3) is 0.0833. The van der Waals surface area contributed by atoms with E-state index in [1.165, 1.54) is 5.56 Å². The van der Waals surface area contributed by atoms with Crippen LogP contribution in [0.15, 0.2) is 83.9 Å². The molecule has 0 atom stereocenters. The fourth-order valence-corrected chi connectivity index (χ4v) is 3.95. The van der Waals surface area contributed by atoms with E-state index in [2.05, 4.69) is 42.5 Å². The van der Waals surface area contributed by atoms with Crippen LogP contribution in [0.5, 0.6) is 5.75 Å². The molecule has 4 aromatic rings. The summed E-state index contributed by atoms with van der Waals surface area (Å²) >= 11 is 1.69. The first kappa shape index (κ1) is 18.1. The van der Waals surface area contributed by atoms with E-state index in [-0.39, 0.29) is 0 Å². The average Bonchev–Trinajstić information content (AvgIpc) is 2.77. The second kappa shape index (κ2) is 8.16. The zero-order valence-electron chi connectivity index (χ0n) is 15.4. The molecule has 0 saturated carbocycles. The zero-order valence-corrected chi connectivity index (χ0v) is 16.2. The van der Waals surface area contributed by atoms with Gasteiger partial charge in [-0.2, -0.15) is 5.26 Å². The van der Waals surface area contributed by atoms with Crippen molar-refractivity contribution < 1.29 is 4.74 Å². The summed E-state index contributed by atoms with van der Waals surface area (Å²) in [7, 11) is 1.67. The Kier molecular flexibility index (Phi) is 5.27. The first-order valence-corrected chi connectivity index (χ1v) is 9.91. The van der Waals surface area contributed by atoms with Crippen molar-refractivity contribution in [3.8, 4) is 22.9 Å². The third-order valence-corrected chi connectivity index (χ3v) is 5.53. The molecular formula is C24H18N2OS. The van der Waals surface area contributed by atoms with E-state index in [1.54, 1.807) is 18.9 Å². The lowest BCUT2D eigenvalue weighted by molar-refractivity contribution is 0.415. The number of methoxy groups -OCH3 is 1. The van der Waals surface area contributed by atoms with E-state index in [4.69, 9.17) is 15.0 Å². The maximum absolute atomic E-state index is 8.94. The highest BCUT2D eigenvalue weighted by atomic mass is 32.2. The molecule has 1 aromatic heterocycles. The number of nitriles is 1. The Balaban J connectivity index is 1.72. The number of thioether (sulfide) groups is 1. The van der Waals surface area contributed by atoms with Crippen molar-refractivity contribution in [2.45, 2.75) is 10.8 Å². The molecule has 0 aliphatic heterocycles. The second-order valence-electron chi connectivity index (χ2n) is 6.35. The standard InChI is InChI=1S/C24H18N2OS/c1-27-20-11-12-21-22(19-5-3-2-4-6-19)14-24(26-23(21)13-20)28-16-18-9-7-17(15-25)8-10-18/h2-14H,16H2,1H3. The quantitative estimate of drug-likeness (QED) is 0.393. The van der Waals surface area contributed by atoms with Crippen LogP contribution in [0, 0.1) is 11.3 Å². The SMILES string of the molecule is COc1ccc2c(-c3ccccc3)cc(SCc3ccc(C#N)cc3)nc2c1. The fourth-order valence-electron chi connectivity index (χ4n) is 3.07. The Bertz CT molecular complexity index is 1150. The lowest BCUT2D eigenvalue weighted by atomic mass is 10.0. The molecule has 28 heavy (non-hydrogen) atoms. The van der Waals surface area contributed by atoms with Crippen LogP contribution in [0.25, 0.3) is 22.0 Å². The van der Waals surface area contributed by atoms with Crippen LogP contribution >= 0.6 is 11.8 Å². The van der Waals surface area contributed by atoms with Gasteiger partial charge in [0.05, 0.1) is 29.3 Å². The minimum atomic E-state index is 0.677. The Labute approximate surface area is 168 Å². The summed E-state index contributed by atoms with van der Waals surface area (Å²) in [5.74, 6) is 1.59. The number of fused-ring (bicyclic) bond motifs is 1. The maximum Gasteiger partial charge on any atom is 0.121 e. The van der Waals surface area contributed by atoms with Crippen molar-refractivity contribution >= 4 is 22.7 Å². The third-order valence-electron chi connectivity index (χ3n) is 4.55. The van der Waals surface area contributed by atoms with Gasteiger partial charge in [0.2, 0.25) is 0 Å². The van der Waals surface area contributed by atoms with Crippen molar-refractivity contribution in [3.63, 3.8) is 0 Å². The Morgan fingerprint density at radius 1 is 0.964 bits per heavy atom. The van der Waals surface area contributed by atoms with E-state index in [9.17, 15) is 0 Å². The summed E-state index contributed by atoms with van der Waals surface area (Å²) in [6, 6.07) is 28.4. The van der Waals surface area contributed by atoms with Crippen molar-refractivity contribution in [1.29, 1.82) is 5.26 Å². The minimum absolute atomic E-state index is 0.677. The van der Waals surface area contributed by atoms with Gasteiger partial charge in [0.1, 0.15) is 5.75 Å². The molecule has 0 aliphatic rings. The Morgan fingerprint density at radius 3 is 2.46 bits per heavy atom. The number of hydrogen-bond donors (Lipinski definition) is 0. The Morgan fingerprint density at radius 2 is 1.75 bits per heavy atom. The highest BCUT2D eigenvalue weighted by molar-refractivity contribution is 7.98. The lowest BCUT2D eigenvalue weighted by Crippen LogP contribution is -1.91. The predicted molar refractivity (Wildman–Crippen MR) is 114 cm³/mol. The van der Waals surface area contributed by atoms with Crippen LogP contribution in [0.4, 0.5) is 0 Å². The molecule has 0 N–H and O–H groups in total. The number of hydrogen-bond acceptors (Lipinski definition) is 4. The number of rotatable bonds is 5. The second-order valence-corrected chi connectivity index (χ2v) is 7.35. The van der Waals surface area contributed by atoms with Crippen LogP contribution in [-0.2, 0) is 5.75 Å². The van der Waals surface area contributed by atoms with E-state index >= 15 is 0 Å². The summed E-state index contributed by atoms with van der Waals surface area (Å²) in [4.78, 5) is 4.85. The predicted octanol–water partition coefficient (Wildman–Crippen LogP) is 6.07. The highest BCUT2D eigenvalue weighted by Crippen LogP contribution is 2.34. The van der Waals surface area contributed by atoms with Crippen LogP contribution in [0.1, 0.15) is 11.1 Å². The summed E-state index contributed by atoms with van der Waals surface area (Å²) in [5, 5.41) is 11.0. The maximum atomic E-state index is 8.94. The third kappa shape index (κ3) is 3.85. The number of pyridine rings is 1. The molecule has 0 saturated heterocycles. The van der Waals surface area contributed by atoms with E-state index in [0.717, 1.165) is 38.6 Å². The molecule has 0 radical (unpaired) electrons. The molecule has 3 aromatic carbocycles. The molecule has 4 rings (SSSR count). The average molecular weight is 382 g/mol. The van der Waals surface area contributed by atoms with Gasteiger partial charge in [0.25, 0.3) is 0 Å². The van der Waals surface area contributed by atoms with E-state index in [1.807, 2.05) is 42.5 Å². The first-order chi connectivity index (χ1) is 13.8. The van der Waals surface area contributed by atoms with E-state index < -0.39 is 0 Å². The monoisotopic (exact) mass is 382 g/mol. The summed E-state index contributed by atoms with van der Waals surface area (Å²) in [6.45, 7) is 0. The molecule has 0 amide bonds. The molecule has 4 heteroatoms. The van der Waals surface area contributed by atoms with Crippen molar-refractivity contribution in [3.05, 3.63) is 90.0 Å². The summed E-state index contributed by atoms with van der Waals surface area (Å²) < 4.78 is 5.39. The van der Waals surface area contributed by atoms with Gasteiger partial charge in [-0.3, -0.25) is 0 Å². The van der Waals surface area contributed by atoms with Crippen molar-refractivity contribution in [2.24, 2.45) is 0 Å². The number of aromatic nitrogens is 1. The topological polar surface area (TPSA) is 45.9 Å². The van der Waals surface area contributed by atoms with Crippen molar-refractivity contribution in [1.82, 2.24) is 4.98 Å². The smallest absolute Gasteiger partial charge is 0.121 e. The normalized spacial score (nSPS) is 10.6. The van der Waals surface area contributed by atoms with Crippen molar-refractivity contribution in [2.75, 3.05) is 7.11 Å². The van der Waals surface area contributed by atoms with Gasteiger partial charge in [-0.05, 0) is 47.0 Å². The van der Waals surface area contributed by atoms with Gasteiger partial charge in [0.15, 0.2) is 0 Å². The highest BCUT2D eigenvalue weighted by Gasteiger charge is 2.10. The van der Waals surface area contributed by atoms with Crippen LogP contribution < -0.4 is 4.74 Å².